The van der Waals surface area contributed by atoms with Crippen molar-refractivity contribution in [1.29, 1.82) is 0 Å². The summed E-state index contributed by atoms with van der Waals surface area (Å²) in [6.07, 6.45) is -1.83. The van der Waals surface area contributed by atoms with E-state index in [1.54, 1.807) is 12.1 Å². The highest BCUT2D eigenvalue weighted by molar-refractivity contribution is 5.83. The van der Waals surface area contributed by atoms with Crippen LogP contribution in [0.15, 0.2) is 42.5 Å². The van der Waals surface area contributed by atoms with E-state index in [2.05, 4.69) is 40.7 Å². The summed E-state index contributed by atoms with van der Waals surface area (Å²) in [7, 11) is 0. The number of amides is 1. The fourth-order valence-corrected chi connectivity index (χ4v) is 5.36. The molecule has 1 fully saturated rings. The Labute approximate surface area is 223 Å². The molecule has 1 aromatic heterocycles. The summed E-state index contributed by atoms with van der Waals surface area (Å²) in [6.45, 7) is 5.84. The number of hydrogen-bond acceptors (Lipinski definition) is 6. The molecule has 210 valence electrons. The van der Waals surface area contributed by atoms with Crippen molar-refractivity contribution in [3.05, 3.63) is 42.5 Å². The van der Waals surface area contributed by atoms with Gasteiger partial charge in [0.1, 0.15) is 18.0 Å². The second-order valence-electron chi connectivity index (χ2n) is 10.7. The van der Waals surface area contributed by atoms with Gasteiger partial charge in [-0.25, -0.2) is 4.98 Å². The van der Waals surface area contributed by atoms with Crippen LogP contribution in [0.2, 0.25) is 0 Å². The molecule has 0 aliphatic heterocycles. The average molecular weight is 549 g/mol. The molecule has 12 heteroatoms. The third-order valence-corrected chi connectivity index (χ3v) is 6.54. The van der Waals surface area contributed by atoms with Gasteiger partial charge in [-0.3, -0.25) is 9.59 Å². The van der Waals surface area contributed by atoms with Crippen molar-refractivity contribution in [3.8, 4) is 11.5 Å². The van der Waals surface area contributed by atoms with Crippen LogP contribution in [0.5, 0.6) is 11.5 Å². The van der Waals surface area contributed by atoms with Crippen molar-refractivity contribution in [2.24, 2.45) is 11.3 Å². The summed E-state index contributed by atoms with van der Waals surface area (Å²) in [5.41, 5.74) is 2.09. The molecule has 9 nitrogen and oxygen atoms in total. The highest BCUT2D eigenvalue weighted by Crippen LogP contribution is 2.46. The van der Waals surface area contributed by atoms with E-state index in [4.69, 9.17) is 14.8 Å². The molecule has 0 unspecified atom stereocenters. The third kappa shape index (κ3) is 7.55. The lowest BCUT2D eigenvalue weighted by atomic mass is 9.70. The van der Waals surface area contributed by atoms with Gasteiger partial charge in [0.25, 0.3) is 5.91 Å². The first kappa shape index (κ1) is 28.1. The number of imidazole rings is 1. The molecule has 1 aliphatic carbocycles. The van der Waals surface area contributed by atoms with E-state index in [1.807, 2.05) is 6.07 Å². The average Bonchev–Trinajstić information content (AvgIpc) is 3.17. The number of fused-ring (bicyclic) bond motifs is 1. The molecule has 3 N–H and O–H groups in total. The zero-order chi connectivity index (χ0) is 28.4. The maximum absolute atomic E-state index is 12.6. The Kier molecular flexibility index (Phi) is 7.94. The Bertz CT molecular complexity index is 1340. The molecule has 2 aromatic carbocycles. The van der Waals surface area contributed by atoms with E-state index in [9.17, 15) is 22.8 Å². The summed E-state index contributed by atoms with van der Waals surface area (Å²) in [6, 6.07) is 10.8. The zero-order valence-electron chi connectivity index (χ0n) is 21.8. The lowest BCUT2D eigenvalue weighted by Gasteiger charge is -2.40. The second kappa shape index (κ2) is 11.0. The van der Waals surface area contributed by atoms with Crippen LogP contribution in [0.25, 0.3) is 11.0 Å². The minimum Gasteiger partial charge on any atom is -0.484 e. The summed E-state index contributed by atoms with van der Waals surface area (Å²) >= 11 is 0. The van der Waals surface area contributed by atoms with Gasteiger partial charge in [-0.05, 0) is 67.0 Å². The van der Waals surface area contributed by atoms with Crippen LogP contribution in [-0.4, -0.2) is 46.0 Å². The van der Waals surface area contributed by atoms with Crippen molar-refractivity contribution in [1.82, 2.24) is 14.9 Å². The smallest absolute Gasteiger partial charge is 0.484 e. The van der Waals surface area contributed by atoms with E-state index < -0.39 is 24.8 Å². The number of alkyl halides is 3. The molecular formula is C27H31F3N4O5. The van der Waals surface area contributed by atoms with Gasteiger partial charge < -0.3 is 29.8 Å². The normalized spacial score (nSPS) is 18.9. The number of carbonyl (C=O) groups excluding carboxylic acids is 1. The molecule has 0 bridgehead atoms. The van der Waals surface area contributed by atoms with E-state index in [0.29, 0.717) is 28.8 Å². The van der Waals surface area contributed by atoms with Crippen LogP contribution >= 0.6 is 0 Å². The van der Waals surface area contributed by atoms with E-state index in [1.165, 1.54) is 24.3 Å². The van der Waals surface area contributed by atoms with Gasteiger partial charge in [0, 0.05) is 17.8 Å². The Balaban J connectivity index is 1.63. The fraction of sp³-hybridized carbons (Fsp3) is 0.444. The van der Waals surface area contributed by atoms with E-state index in [-0.39, 0.29) is 23.8 Å². The lowest BCUT2D eigenvalue weighted by Crippen LogP contribution is -2.33. The quantitative estimate of drug-likeness (QED) is 0.317. The minimum absolute atomic E-state index is 0.110. The molecule has 0 radical (unpaired) electrons. The first-order valence-electron chi connectivity index (χ1n) is 12.5. The molecule has 4 rings (SSSR count). The maximum atomic E-state index is 12.6. The van der Waals surface area contributed by atoms with Crippen LogP contribution in [0, 0.1) is 11.3 Å². The second-order valence-corrected chi connectivity index (χ2v) is 10.7. The summed E-state index contributed by atoms with van der Waals surface area (Å²) < 4.78 is 49.3. The number of benzene rings is 2. The zero-order valence-corrected chi connectivity index (χ0v) is 21.8. The van der Waals surface area contributed by atoms with Crippen LogP contribution in [-0.2, 0) is 9.59 Å². The Morgan fingerprint density at radius 1 is 1.13 bits per heavy atom. The molecule has 1 saturated carbocycles. The largest absolute Gasteiger partial charge is 0.573 e. The molecule has 1 heterocycles. The van der Waals surface area contributed by atoms with E-state index >= 15 is 0 Å². The van der Waals surface area contributed by atoms with Gasteiger partial charge in [0.15, 0.2) is 6.61 Å². The van der Waals surface area contributed by atoms with Crippen molar-refractivity contribution >= 4 is 34.5 Å². The van der Waals surface area contributed by atoms with Crippen LogP contribution in [0.1, 0.15) is 46.1 Å². The van der Waals surface area contributed by atoms with Crippen LogP contribution < -0.4 is 20.1 Å². The lowest BCUT2D eigenvalue weighted by molar-refractivity contribution is -0.274. The molecule has 0 spiro atoms. The first-order chi connectivity index (χ1) is 18.3. The molecule has 2 atom stereocenters. The van der Waals surface area contributed by atoms with Crippen molar-refractivity contribution in [2.75, 3.05) is 18.5 Å². The Morgan fingerprint density at radius 2 is 1.82 bits per heavy atom. The van der Waals surface area contributed by atoms with Crippen molar-refractivity contribution < 1.29 is 37.3 Å². The number of anilines is 2. The number of nitrogens with one attached hydrogen (secondary N) is 2. The van der Waals surface area contributed by atoms with Crippen LogP contribution in [0.3, 0.4) is 0 Å². The predicted molar refractivity (Wildman–Crippen MR) is 138 cm³/mol. The van der Waals surface area contributed by atoms with Gasteiger partial charge >= 0.3 is 12.3 Å². The number of aromatic nitrogens is 2. The van der Waals surface area contributed by atoms with E-state index in [0.717, 1.165) is 24.8 Å². The predicted octanol–water partition coefficient (Wildman–Crippen LogP) is 5.65. The van der Waals surface area contributed by atoms with Crippen molar-refractivity contribution in [3.63, 3.8) is 0 Å². The molecule has 39 heavy (non-hydrogen) atoms. The van der Waals surface area contributed by atoms with Gasteiger partial charge in [-0.2, -0.15) is 0 Å². The fourth-order valence-electron chi connectivity index (χ4n) is 5.36. The molecule has 3 aromatic rings. The maximum Gasteiger partial charge on any atom is 0.573 e. The highest BCUT2D eigenvalue weighted by Gasteiger charge is 2.35. The molecule has 1 aliphatic rings. The minimum atomic E-state index is -4.77. The SMILES string of the molecule is C[C@@H]1C[C@@H](n2c(Nc3ccc(OC(F)(F)F)cc3)nc3cc(OCC(=O)NCC(=O)O)ccc32)CC(C)(C)C1. The van der Waals surface area contributed by atoms with Gasteiger partial charge in [-0.1, -0.05) is 20.8 Å². The Morgan fingerprint density at radius 3 is 2.46 bits per heavy atom. The third-order valence-electron chi connectivity index (χ3n) is 6.54. The highest BCUT2D eigenvalue weighted by atomic mass is 19.4. The number of rotatable bonds is 9. The summed E-state index contributed by atoms with van der Waals surface area (Å²) in [5, 5.41) is 14.2. The monoisotopic (exact) mass is 548 g/mol. The number of ether oxygens (including phenoxy) is 2. The van der Waals surface area contributed by atoms with Gasteiger partial charge in [0.2, 0.25) is 5.95 Å². The summed E-state index contributed by atoms with van der Waals surface area (Å²) in [5.74, 6) is -0.649. The first-order valence-corrected chi connectivity index (χ1v) is 12.5. The number of carboxylic acid groups (broad SMARTS) is 1. The standard InChI is InChI=1S/C27H31F3N4O5/c1-16-10-18(13-26(2,3)12-16)34-22-9-8-20(38-15-23(35)31-14-24(36)37)11-21(22)33-25(34)32-17-4-6-19(7-5-17)39-27(28,29)30/h4-9,11,16,18H,10,12-15H2,1-3H3,(H,31,35)(H,32,33)(H,36,37)/t16-,18-/m1/s1. The summed E-state index contributed by atoms with van der Waals surface area (Å²) in [4.78, 5) is 27.2. The number of halogens is 3. The molecule has 1 amide bonds. The van der Waals surface area contributed by atoms with Gasteiger partial charge in [-0.15, -0.1) is 13.2 Å². The molecule has 0 saturated heterocycles. The van der Waals surface area contributed by atoms with Crippen LogP contribution in [0.4, 0.5) is 24.8 Å². The number of aliphatic carboxylic acids is 1. The number of hydrogen-bond donors (Lipinski definition) is 3. The topological polar surface area (TPSA) is 115 Å². The van der Waals surface area contributed by atoms with Crippen molar-refractivity contribution in [2.45, 2.75) is 52.4 Å². The van der Waals surface area contributed by atoms with Gasteiger partial charge in [0.05, 0.1) is 11.0 Å². The number of carboxylic acids is 1. The number of nitrogens with zero attached hydrogens (tertiary/aromatic N) is 2. The Hall–Kier alpha value is -3.96. The number of carbonyl (C=O) groups is 2. The molecular weight excluding hydrogens is 517 g/mol.